The van der Waals surface area contributed by atoms with Crippen LogP contribution in [0.4, 0.5) is 18.9 Å². The van der Waals surface area contributed by atoms with Crippen LogP contribution in [0.25, 0.3) is 6.08 Å². The molecule has 0 saturated carbocycles. The van der Waals surface area contributed by atoms with Crippen molar-refractivity contribution in [3.05, 3.63) is 58.6 Å². The number of methoxy groups -OCH3 is 2. The summed E-state index contributed by atoms with van der Waals surface area (Å²) in [4.78, 5) is 12.0. The molecule has 1 amide bonds. The fraction of sp³-hybridized carbons (Fsp3) is 0.167. The second-order valence-corrected chi connectivity index (χ2v) is 5.53. The van der Waals surface area contributed by atoms with Crippen molar-refractivity contribution >= 4 is 29.3 Å². The highest BCUT2D eigenvalue weighted by Gasteiger charge is 2.31. The molecule has 1 N–H and O–H groups in total. The molecule has 0 aliphatic heterocycles. The highest BCUT2D eigenvalue weighted by molar-refractivity contribution is 6.33. The molecule has 4 nitrogen and oxygen atoms in total. The standard InChI is InChI=1S/C18H15ClF3NO3/c1-25-13-6-3-11(16(10-13)26-2)4-8-17(24)23-15-9-12(18(20,21)22)5-7-14(15)19/h3-10H,1-2H3,(H,23,24)/b8-4+. The number of carbonyl (C=O) groups excluding carboxylic acids is 1. The zero-order valence-electron chi connectivity index (χ0n) is 13.9. The van der Waals surface area contributed by atoms with E-state index in [9.17, 15) is 18.0 Å². The average Bonchev–Trinajstić information content (AvgIpc) is 2.60. The number of alkyl halides is 3. The minimum atomic E-state index is -4.53. The van der Waals surface area contributed by atoms with Gasteiger partial charge in [0.2, 0.25) is 5.91 Å². The van der Waals surface area contributed by atoms with Gasteiger partial charge in [-0.2, -0.15) is 13.2 Å². The molecule has 0 spiro atoms. The zero-order valence-corrected chi connectivity index (χ0v) is 14.6. The van der Waals surface area contributed by atoms with Gasteiger partial charge in [0.05, 0.1) is 30.5 Å². The lowest BCUT2D eigenvalue weighted by Crippen LogP contribution is -2.11. The molecule has 2 aromatic rings. The molecule has 0 bridgehead atoms. The predicted octanol–water partition coefficient (Wildman–Crippen LogP) is 5.03. The van der Waals surface area contributed by atoms with Crippen molar-refractivity contribution in [2.24, 2.45) is 0 Å². The van der Waals surface area contributed by atoms with Gasteiger partial charge in [0.15, 0.2) is 0 Å². The average molecular weight is 386 g/mol. The number of hydrogen-bond acceptors (Lipinski definition) is 3. The molecule has 2 aromatic carbocycles. The third-order valence-electron chi connectivity index (χ3n) is 3.41. The van der Waals surface area contributed by atoms with Crippen molar-refractivity contribution in [1.29, 1.82) is 0 Å². The van der Waals surface area contributed by atoms with Crippen molar-refractivity contribution in [3.8, 4) is 11.5 Å². The first-order chi connectivity index (χ1) is 12.2. The summed E-state index contributed by atoms with van der Waals surface area (Å²) in [5.74, 6) is 0.425. The van der Waals surface area contributed by atoms with Crippen LogP contribution in [0.3, 0.4) is 0 Å². The highest BCUT2D eigenvalue weighted by atomic mass is 35.5. The summed E-state index contributed by atoms with van der Waals surface area (Å²) in [6.07, 6.45) is -1.90. The zero-order chi connectivity index (χ0) is 19.3. The molecular formula is C18H15ClF3NO3. The van der Waals surface area contributed by atoms with E-state index >= 15 is 0 Å². The summed E-state index contributed by atoms with van der Waals surface area (Å²) in [5, 5.41) is 2.33. The van der Waals surface area contributed by atoms with Crippen LogP contribution in [0.15, 0.2) is 42.5 Å². The number of amides is 1. The number of halogens is 4. The minimum Gasteiger partial charge on any atom is -0.497 e. The Labute approximate surface area is 153 Å². The number of anilines is 1. The van der Waals surface area contributed by atoms with E-state index in [2.05, 4.69) is 5.32 Å². The van der Waals surface area contributed by atoms with Gasteiger partial charge in [-0.1, -0.05) is 11.6 Å². The summed E-state index contributed by atoms with van der Waals surface area (Å²) >= 11 is 5.85. The summed E-state index contributed by atoms with van der Waals surface area (Å²) in [5.41, 5.74) is -0.436. The van der Waals surface area contributed by atoms with E-state index in [1.807, 2.05) is 0 Å². The van der Waals surface area contributed by atoms with Crippen LogP contribution in [0.1, 0.15) is 11.1 Å². The first-order valence-electron chi connectivity index (χ1n) is 7.32. The second-order valence-electron chi connectivity index (χ2n) is 5.12. The van der Waals surface area contributed by atoms with Gasteiger partial charge >= 0.3 is 6.18 Å². The Morgan fingerprint density at radius 2 is 1.85 bits per heavy atom. The smallest absolute Gasteiger partial charge is 0.416 e. The van der Waals surface area contributed by atoms with Gasteiger partial charge in [-0.05, 0) is 36.4 Å². The molecule has 138 valence electrons. The van der Waals surface area contributed by atoms with E-state index in [1.165, 1.54) is 26.4 Å². The van der Waals surface area contributed by atoms with Crippen molar-refractivity contribution in [2.75, 3.05) is 19.5 Å². The largest absolute Gasteiger partial charge is 0.497 e. The van der Waals surface area contributed by atoms with Crippen LogP contribution in [0.5, 0.6) is 11.5 Å². The number of rotatable bonds is 5. The van der Waals surface area contributed by atoms with E-state index in [0.29, 0.717) is 17.1 Å². The van der Waals surface area contributed by atoms with Gasteiger partial charge in [-0.15, -0.1) is 0 Å². The summed E-state index contributed by atoms with van der Waals surface area (Å²) in [7, 11) is 2.98. The molecule has 8 heteroatoms. The SMILES string of the molecule is COc1ccc(/C=C/C(=O)Nc2cc(C(F)(F)F)ccc2Cl)c(OC)c1. The van der Waals surface area contributed by atoms with Gasteiger partial charge in [0.25, 0.3) is 0 Å². The topological polar surface area (TPSA) is 47.6 Å². The number of ether oxygens (including phenoxy) is 2. The lowest BCUT2D eigenvalue weighted by atomic mass is 10.1. The Morgan fingerprint density at radius 3 is 2.46 bits per heavy atom. The molecule has 0 fully saturated rings. The fourth-order valence-corrected chi connectivity index (χ4v) is 2.26. The van der Waals surface area contributed by atoms with Gasteiger partial charge in [0.1, 0.15) is 11.5 Å². The molecule has 0 aliphatic carbocycles. The van der Waals surface area contributed by atoms with Gasteiger partial charge in [0, 0.05) is 17.7 Å². The first-order valence-corrected chi connectivity index (χ1v) is 7.70. The quantitative estimate of drug-likeness (QED) is 0.734. The van der Waals surface area contributed by atoms with Gasteiger partial charge in [-0.25, -0.2) is 0 Å². The van der Waals surface area contributed by atoms with E-state index in [0.717, 1.165) is 18.2 Å². The molecule has 0 heterocycles. The molecule has 0 unspecified atom stereocenters. The predicted molar refractivity (Wildman–Crippen MR) is 93.7 cm³/mol. The Kier molecular flexibility index (Phi) is 6.15. The maximum Gasteiger partial charge on any atom is 0.416 e. The van der Waals surface area contributed by atoms with Crippen LogP contribution < -0.4 is 14.8 Å². The Hall–Kier alpha value is -2.67. The third kappa shape index (κ3) is 4.92. The van der Waals surface area contributed by atoms with Crippen molar-refractivity contribution in [1.82, 2.24) is 0 Å². The van der Waals surface area contributed by atoms with Crippen LogP contribution in [-0.4, -0.2) is 20.1 Å². The van der Waals surface area contributed by atoms with Crippen molar-refractivity contribution in [2.45, 2.75) is 6.18 Å². The van der Waals surface area contributed by atoms with Crippen molar-refractivity contribution < 1.29 is 27.4 Å². The highest BCUT2D eigenvalue weighted by Crippen LogP contribution is 2.34. The lowest BCUT2D eigenvalue weighted by Gasteiger charge is -2.11. The fourth-order valence-electron chi connectivity index (χ4n) is 2.09. The van der Waals surface area contributed by atoms with Crippen LogP contribution in [-0.2, 0) is 11.0 Å². The molecule has 2 rings (SSSR count). The maximum absolute atomic E-state index is 12.8. The van der Waals surface area contributed by atoms with Crippen LogP contribution >= 0.6 is 11.6 Å². The minimum absolute atomic E-state index is 0.00165. The van der Waals surface area contributed by atoms with Crippen molar-refractivity contribution in [3.63, 3.8) is 0 Å². The van der Waals surface area contributed by atoms with E-state index in [4.69, 9.17) is 21.1 Å². The normalized spacial score (nSPS) is 11.5. The number of carbonyl (C=O) groups is 1. The second kappa shape index (κ2) is 8.14. The van der Waals surface area contributed by atoms with Gasteiger partial charge < -0.3 is 14.8 Å². The first kappa shape index (κ1) is 19.7. The number of nitrogens with one attached hydrogen (secondary N) is 1. The summed E-state index contributed by atoms with van der Waals surface area (Å²) in [6.45, 7) is 0. The number of benzene rings is 2. The van der Waals surface area contributed by atoms with E-state index in [1.54, 1.807) is 18.2 Å². The van der Waals surface area contributed by atoms with Gasteiger partial charge in [-0.3, -0.25) is 4.79 Å². The number of hydrogen-bond donors (Lipinski definition) is 1. The Bertz CT molecular complexity index is 835. The molecule has 0 aliphatic rings. The molecule has 0 radical (unpaired) electrons. The molecule has 26 heavy (non-hydrogen) atoms. The Morgan fingerprint density at radius 1 is 1.12 bits per heavy atom. The third-order valence-corrected chi connectivity index (χ3v) is 3.74. The Balaban J connectivity index is 2.18. The summed E-state index contributed by atoms with van der Waals surface area (Å²) < 4.78 is 48.6. The summed E-state index contributed by atoms with van der Waals surface area (Å²) in [6, 6.07) is 7.71. The lowest BCUT2D eigenvalue weighted by molar-refractivity contribution is -0.137. The van der Waals surface area contributed by atoms with Crippen LogP contribution in [0, 0.1) is 0 Å². The molecule has 0 aromatic heterocycles. The molecule has 0 saturated heterocycles. The van der Waals surface area contributed by atoms with E-state index in [-0.39, 0.29) is 10.7 Å². The molecule has 0 atom stereocenters. The van der Waals surface area contributed by atoms with E-state index < -0.39 is 17.6 Å². The van der Waals surface area contributed by atoms with Crippen LogP contribution in [0.2, 0.25) is 5.02 Å². The monoisotopic (exact) mass is 385 g/mol. The molecular weight excluding hydrogens is 371 g/mol. The maximum atomic E-state index is 12.8.